The molecule has 0 radical (unpaired) electrons. The van der Waals surface area contributed by atoms with Crippen molar-refractivity contribution in [1.82, 2.24) is 9.97 Å². The van der Waals surface area contributed by atoms with Gasteiger partial charge in [-0.1, -0.05) is 19.1 Å². The van der Waals surface area contributed by atoms with Crippen LogP contribution in [0.3, 0.4) is 0 Å². The van der Waals surface area contributed by atoms with E-state index in [-0.39, 0.29) is 0 Å². The van der Waals surface area contributed by atoms with Gasteiger partial charge in [-0.2, -0.15) is 0 Å². The maximum Gasteiger partial charge on any atom is 0.165 e. The number of rotatable bonds is 4. The van der Waals surface area contributed by atoms with Crippen LogP contribution in [0, 0.1) is 0 Å². The Morgan fingerprint density at radius 2 is 2.00 bits per heavy atom. The molecule has 0 spiro atoms. The maximum absolute atomic E-state index is 5.36. The van der Waals surface area contributed by atoms with E-state index in [0.29, 0.717) is 5.82 Å². The minimum Gasteiger partial charge on any atom is -0.496 e. The smallest absolute Gasteiger partial charge is 0.165 e. The van der Waals surface area contributed by atoms with Crippen LogP contribution in [0.15, 0.2) is 28.7 Å². The van der Waals surface area contributed by atoms with E-state index in [1.165, 1.54) is 0 Å². The molecule has 1 heterocycles. The van der Waals surface area contributed by atoms with Crippen LogP contribution in [0.1, 0.15) is 12.6 Å². The highest BCUT2D eigenvalue weighted by Crippen LogP contribution is 2.31. The fraction of sp³-hybridized carbons (Fsp3) is 0.286. The minimum atomic E-state index is 0.668. The van der Waals surface area contributed by atoms with Crippen molar-refractivity contribution in [1.29, 1.82) is 0 Å². The summed E-state index contributed by atoms with van der Waals surface area (Å²) in [6.45, 7) is 2.07. The zero-order valence-electron chi connectivity index (χ0n) is 11.2. The SMILES string of the molecule is CCc1nc(-c2ccccc2OC)nc(NC)c1Br. The molecular formula is C14H16BrN3O. The number of hydrogen-bond donors (Lipinski definition) is 1. The molecule has 0 bridgehead atoms. The van der Waals surface area contributed by atoms with Crippen molar-refractivity contribution < 1.29 is 4.74 Å². The molecule has 0 saturated carbocycles. The molecule has 0 fully saturated rings. The average Bonchev–Trinajstić information content (AvgIpc) is 2.47. The minimum absolute atomic E-state index is 0.668. The number of benzene rings is 1. The van der Waals surface area contributed by atoms with Crippen LogP contribution in [-0.4, -0.2) is 24.1 Å². The van der Waals surface area contributed by atoms with Crippen LogP contribution in [0.25, 0.3) is 11.4 Å². The summed E-state index contributed by atoms with van der Waals surface area (Å²) in [5.41, 5.74) is 1.86. The van der Waals surface area contributed by atoms with Crippen molar-refractivity contribution >= 4 is 21.7 Å². The van der Waals surface area contributed by atoms with Gasteiger partial charge in [0.1, 0.15) is 11.6 Å². The van der Waals surface area contributed by atoms with E-state index in [4.69, 9.17) is 4.74 Å². The molecule has 0 atom stereocenters. The standard InChI is InChI=1S/C14H16BrN3O/c1-4-10-12(15)14(16-2)18-13(17-10)9-7-5-6-8-11(9)19-3/h5-8H,4H2,1-3H3,(H,16,17,18). The quantitative estimate of drug-likeness (QED) is 0.936. The first-order valence-electron chi connectivity index (χ1n) is 6.08. The molecule has 0 unspecified atom stereocenters. The van der Waals surface area contributed by atoms with Crippen molar-refractivity contribution in [3.63, 3.8) is 0 Å². The van der Waals surface area contributed by atoms with E-state index in [1.54, 1.807) is 7.11 Å². The second-order valence-corrected chi connectivity index (χ2v) is 4.75. The molecule has 1 N–H and O–H groups in total. The molecule has 2 aromatic rings. The Morgan fingerprint density at radius 1 is 1.26 bits per heavy atom. The third kappa shape index (κ3) is 2.71. The van der Waals surface area contributed by atoms with Gasteiger partial charge in [0.25, 0.3) is 0 Å². The average molecular weight is 322 g/mol. The highest BCUT2D eigenvalue weighted by Gasteiger charge is 2.14. The van der Waals surface area contributed by atoms with Crippen LogP contribution in [0.5, 0.6) is 5.75 Å². The normalized spacial score (nSPS) is 10.3. The summed E-state index contributed by atoms with van der Waals surface area (Å²) >= 11 is 3.53. The lowest BCUT2D eigenvalue weighted by Crippen LogP contribution is -2.03. The molecule has 4 nitrogen and oxygen atoms in total. The Labute approximate surface area is 121 Å². The van der Waals surface area contributed by atoms with Gasteiger partial charge in [-0.05, 0) is 34.5 Å². The van der Waals surface area contributed by atoms with Gasteiger partial charge in [-0.3, -0.25) is 0 Å². The molecule has 19 heavy (non-hydrogen) atoms. The summed E-state index contributed by atoms with van der Waals surface area (Å²) in [6.07, 6.45) is 0.833. The van der Waals surface area contributed by atoms with E-state index in [9.17, 15) is 0 Å². The first kappa shape index (κ1) is 13.8. The molecule has 1 aromatic heterocycles. The third-order valence-electron chi connectivity index (χ3n) is 2.84. The summed E-state index contributed by atoms with van der Waals surface area (Å²) < 4.78 is 6.28. The van der Waals surface area contributed by atoms with Gasteiger partial charge in [-0.15, -0.1) is 0 Å². The second-order valence-electron chi connectivity index (χ2n) is 3.96. The highest BCUT2D eigenvalue weighted by atomic mass is 79.9. The van der Waals surface area contributed by atoms with Gasteiger partial charge in [0.05, 0.1) is 22.8 Å². The number of nitrogens with one attached hydrogen (secondary N) is 1. The number of methoxy groups -OCH3 is 1. The van der Waals surface area contributed by atoms with Gasteiger partial charge in [0, 0.05) is 7.05 Å². The summed E-state index contributed by atoms with van der Waals surface area (Å²) in [4.78, 5) is 9.13. The number of anilines is 1. The highest BCUT2D eigenvalue weighted by molar-refractivity contribution is 9.10. The second kappa shape index (κ2) is 6.02. The maximum atomic E-state index is 5.36. The first-order chi connectivity index (χ1) is 9.21. The van der Waals surface area contributed by atoms with Crippen molar-refractivity contribution in [3.05, 3.63) is 34.4 Å². The number of ether oxygens (including phenoxy) is 1. The van der Waals surface area contributed by atoms with E-state index in [2.05, 4.69) is 38.1 Å². The first-order valence-corrected chi connectivity index (χ1v) is 6.88. The summed E-state index contributed by atoms with van der Waals surface area (Å²) in [7, 11) is 3.50. The molecule has 0 aliphatic carbocycles. The summed E-state index contributed by atoms with van der Waals surface area (Å²) in [5, 5.41) is 3.08. The molecule has 0 aliphatic rings. The zero-order valence-corrected chi connectivity index (χ0v) is 12.8. The molecular weight excluding hydrogens is 306 g/mol. The summed E-state index contributed by atoms with van der Waals surface area (Å²) in [6, 6.07) is 7.75. The topological polar surface area (TPSA) is 47.0 Å². The Morgan fingerprint density at radius 3 is 2.63 bits per heavy atom. The number of aromatic nitrogens is 2. The van der Waals surface area contributed by atoms with Gasteiger partial charge in [0.15, 0.2) is 5.82 Å². The number of hydrogen-bond acceptors (Lipinski definition) is 4. The van der Waals surface area contributed by atoms with Gasteiger partial charge in [-0.25, -0.2) is 9.97 Å². The van der Waals surface area contributed by atoms with E-state index in [1.807, 2.05) is 31.3 Å². The van der Waals surface area contributed by atoms with Crippen molar-refractivity contribution in [2.24, 2.45) is 0 Å². The number of aryl methyl sites for hydroxylation is 1. The molecule has 1 aromatic carbocycles. The van der Waals surface area contributed by atoms with E-state index >= 15 is 0 Å². The van der Waals surface area contributed by atoms with Gasteiger partial charge >= 0.3 is 0 Å². The molecule has 0 amide bonds. The van der Waals surface area contributed by atoms with Crippen LogP contribution < -0.4 is 10.1 Å². The van der Waals surface area contributed by atoms with Crippen LogP contribution >= 0.6 is 15.9 Å². The predicted octanol–water partition coefficient (Wildman–Crippen LogP) is 3.52. The van der Waals surface area contributed by atoms with E-state index in [0.717, 1.165) is 33.7 Å². The molecule has 5 heteroatoms. The number of halogens is 1. The lowest BCUT2D eigenvalue weighted by molar-refractivity contribution is 0.416. The van der Waals surface area contributed by atoms with E-state index < -0.39 is 0 Å². The Bertz CT molecular complexity index is 562. The van der Waals surface area contributed by atoms with Crippen LogP contribution in [0.4, 0.5) is 5.82 Å². The van der Waals surface area contributed by atoms with Crippen molar-refractivity contribution in [2.75, 3.05) is 19.5 Å². The predicted molar refractivity (Wildman–Crippen MR) is 80.6 cm³/mol. The summed E-state index contributed by atoms with van der Waals surface area (Å²) in [5.74, 6) is 2.23. The largest absolute Gasteiger partial charge is 0.496 e. The molecule has 0 saturated heterocycles. The van der Waals surface area contributed by atoms with Crippen molar-refractivity contribution in [2.45, 2.75) is 13.3 Å². The lowest BCUT2D eigenvalue weighted by atomic mass is 10.2. The van der Waals surface area contributed by atoms with Crippen molar-refractivity contribution in [3.8, 4) is 17.1 Å². The van der Waals surface area contributed by atoms with Gasteiger partial charge in [0.2, 0.25) is 0 Å². The lowest BCUT2D eigenvalue weighted by Gasteiger charge is -2.12. The Hall–Kier alpha value is -1.62. The zero-order chi connectivity index (χ0) is 13.8. The molecule has 0 aliphatic heterocycles. The Kier molecular flexibility index (Phi) is 4.37. The van der Waals surface area contributed by atoms with Crippen LogP contribution in [-0.2, 0) is 6.42 Å². The fourth-order valence-electron chi connectivity index (χ4n) is 1.84. The van der Waals surface area contributed by atoms with Crippen LogP contribution in [0.2, 0.25) is 0 Å². The van der Waals surface area contributed by atoms with Gasteiger partial charge < -0.3 is 10.1 Å². The monoisotopic (exact) mass is 321 g/mol. The fourth-order valence-corrected chi connectivity index (χ4v) is 2.50. The third-order valence-corrected chi connectivity index (χ3v) is 3.67. The molecule has 2 rings (SSSR count). The molecule has 100 valence electrons. The number of para-hydroxylation sites is 1. The Balaban J connectivity index is 2.62. The number of nitrogens with zero attached hydrogens (tertiary/aromatic N) is 2.